The van der Waals surface area contributed by atoms with Crippen LogP contribution in [0.3, 0.4) is 0 Å². The van der Waals surface area contributed by atoms with E-state index in [1.54, 1.807) is 0 Å². The highest BCUT2D eigenvalue weighted by molar-refractivity contribution is 5.76. The standard InChI is InChI=1S/C65H120N2O/c1-6-9-12-15-18-21-24-27-30-33-34-36-38-41-44-47-50-53-56-60-64(59-55-52-49-46-43-40-37-35-31-28-25-22-19-16-13-10-7-2)67(63-58-62-66(4)5)65(68)61-57-54-51-48-45-42-39-32-29-26-23-20-17-14-11-8-3/h16,19-21,23-25,28,30,32-33,39,64H,6-15,17-18,22,26-27,29,31,34-38,40-63H2,1-5H3/b19-16-,23-20-,24-21-,28-25-,33-30-,39-32-. The van der Waals surface area contributed by atoms with Gasteiger partial charge in [-0.25, -0.2) is 0 Å². The second-order valence-electron chi connectivity index (χ2n) is 20.9. The summed E-state index contributed by atoms with van der Waals surface area (Å²) in [6.45, 7) is 8.80. The zero-order valence-electron chi connectivity index (χ0n) is 46.8. The fraction of sp³-hybridized carbons (Fsp3) is 0.800. The van der Waals surface area contributed by atoms with E-state index in [2.05, 4.69) is 118 Å². The number of hydrogen-bond acceptors (Lipinski definition) is 2. The largest absolute Gasteiger partial charge is 0.340 e. The fourth-order valence-corrected chi connectivity index (χ4v) is 9.34. The lowest BCUT2D eigenvalue weighted by Gasteiger charge is -2.33. The molecule has 0 aliphatic heterocycles. The van der Waals surface area contributed by atoms with Crippen LogP contribution in [0, 0.1) is 0 Å². The minimum absolute atomic E-state index is 0.419. The Morgan fingerprint density at radius 2 is 0.632 bits per heavy atom. The molecule has 396 valence electrons. The molecule has 68 heavy (non-hydrogen) atoms. The SMILES string of the molecule is CCCC/C=C\C/C=C\CCCCCCCCCCC(CCCCCCCCCC/C=C\C/C=C\CCCCCC)N(CCCN(C)C)C(=O)CCCCCCC/C=C\CC/C=C\CCCCC. The normalized spacial score (nSPS) is 12.9. The Kier molecular flexibility index (Phi) is 55.6. The summed E-state index contributed by atoms with van der Waals surface area (Å²) in [7, 11) is 4.35. The highest BCUT2D eigenvalue weighted by atomic mass is 16.2. The third-order valence-electron chi connectivity index (χ3n) is 13.8. The molecule has 1 unspecified atom stereocenters. The van der Waals surface area contributed by atoms with Crippen LogP contribution >= 0.6 is 0 Å². The summed E-state index contributed by atoms with van der Waals surface area (Å²) < 4.78 is 0. The lowest BCUT2D eigenvalue weighted by molar-refractivity contribution is -0.134. The summed E-state index contributed by atoms with van der Waals surface area (Å²) in [5, 5.41) is 0. The van der Waals surface area contributed by atoms with Gasteiger partial charge in [0.25, 0.3) is 0 Å². The minimum Gasteiger partial charge on any atom is -0.340 e. The average Bonchev–Trinajstić information content (AvgIpc) is 3.33. The molecule has 1 atom stereocenters. The van der Waals surface area contributed by atoms with Crippen LogP contribution in [0.2, 0.25) is 0 Å². The van der Waals surface area contributed by atoms with Crippen LogP contribution in [0.25, 0.3) is 0 Å². The molecule has 0 bridgehead atoms. The van der Waals surface area contributed by atoms with Crippen LogP contribution in [0.1, 0.15) is 303 Å². The molecule has 0 heterocycles. The number of unbranched alkanes of at least 4 members (excludes halogenated alkanes) is 31. The van der Waals surface area contributed by atoms with E-state index >= 15 is 0 Å². The number of rotatable bonds is 54. The molecule has 3 heteroatoms. The van der Waals surface area contributed by atoms with Crippen molar-refractivity contribution in [1.82, 2.24) is 9.80 Å². The van der Waals surface area contributed by atoms with Crippen molar-refractivity contribution in [3.63, 3.8) is 0 Å². The van der Waals surface area contributed by atoms with Gasteiger partial charge in [-0.15, -0.1) is 0 Å². The van der Waals surface area contributed by atoms with Crippen molar-refractivity contribution in [2.24, 2.45) is 0 Å². The van der Waals surface area contributed by atoms with Crippen LogP contribution in [0.15, 0.2) is 72.9 Å². The van der Waals surface area contributed by atoms with E-state index in [0.717, 1.165) is 45.2 Å². The summed E-state index contributed by atoms with van der Waals surface area (Å²) in [6, 6.07) is 0.419. The molecule has 0 aromatic rings. The van der Waals surface area contributed by atoms with Crippen molar-refractivity contribution in [1.29, 1.82) is 0 Å². The molecule has 0 aliphatic rings. The van der Waals surface area contributed by atoms with E-state index in [1.165, 1.54) is 250 Å². The molecule has 0 fully saturated rings. The van der Waals surface area contributed by atoms with Gasteiger partial charge in [-0.1, -0.05) is 248 Å². The highest BCUT2D eigenvalue weighted by Gasteiger charge is 2.23. The lowest BCUT2D eigenvalue weighted by atomic mass is 9.97. The molecular weight excluding hydrogens is 825 g/mol. The maximum Gasteiger partial charge on any atom is 0.222 e. The van der Waals surface area contributed by atoms with Crippen LogP contribution in [-0.2, 0) is 4.79 Å². The predicted molar refractivity (Wildman–Crippen MR) is 309 cm³/mol. The van der Waals surface area contributed by atoms with Crippen LogP contribution in [0.4, 0.5) is 0 Å². The molecule has 0 aromatic heterocycles. The van der Waals surface area contributed by atoms with Gasteiger partial charge in [-0.3, -0.25) is 4.79 Å². The van der Waals surface area contributed by atoms with Crippen molar-refractivity contribution >= 4 is 5.91 Å². The summed E-state index contributed by atoms with van der Waals surface area (Å²) >= 11 is 0. The summed E-state index contributed by atoms with van der Waals surface area (Å²) in [5.74, 6) is 0.443. The van der Waals surface area contributed by atoms with Gasteiger partial charge in [0.15, 0.2) is 0 Å². The number of carbonyl (C=O) groups excluding carboxylic acids is 1. The Hall–Kier alpha value is -2.13. The van der Waals surface area contributed by atoms with Crippen LogP contribution < -0.4 is 0 Å². The van der Waals surface area contributed by atoms with Crippen molar-refractivity contribution in [2.75, 3.05) is 27.2 Å². The minimum atomic E-state index is 0.419. The highest BCUT2D eigenvalue weighted by Crippen LogP contribution is 2.22. The van der Waals surface area contributed by atoms with E-state index in [-0.39, 0.29) is 0 Å². The quantitative estimate of drug-likeness (QED) is 0.0448. The number of allylic oxidation sites excluding steroid dienone is 12. The summed E-state index contributed by atoms with van der Waals surface area (Å²) in [6.07, 6.45) is 84.2. The lowest BCUT2D eigenvalue weighted by Crippen LogP contribution is -2.41. The van der Waals surface area contributed by atoms with Gasteiger partial charge < -0.3 is 9.80 Å². The second kappa shape index (κ2) is 57.4. The number of hydrogen-bond donors (Lipinski definition) is 0. The maximum atomic E-state index is 14.1. The van der Waals surface area contributed by atoms with Gasteiger partial charge >= 0.3 is 0 Å². The first kappa shape index (κ1) is 65.9. The monoisotopic (exact) mass is 945 g/mol. The first-order valence-electron chi connectivity index (χ1n) is 30.4. The molecule has 0 N–H and O–H groups in total. The van der Waals surface area contributed by atoms with E-state index in [1.807, 2.05) is 0 Å². The van der Waals surface area contributed by atoms with Crippen molar-refractivity contribution in [3.05, 3.63) is 72.9 Å². The van der Waals surface area contributed by atoms with E-state index < -0.39 is 0 Å². The Morgan fingerprint density at radius 1 is 0.324 bits per heavy atom. The second-order valence-corrected chi connectivity index (χ2v) is 20.9. The topological polar surface area (TPSA) is 23.6 Å². The van der Waals surface area contributed by atoms with Gasteiger partial charge in [-0.05, 0) is 143 Å². The number of nitrogens with zero attached hydrogens (tertiary/aromatic N) is 2. The van der Waals surface area contributed by atoms with E-state index in [4.69, 9.17) is 0 Å². The van der Waals surface area contributed by atoms with Gasteiger partial charge in [-0.2, -0.15) is 0 Å². The fourth-order valence-electron chi connectivity index (χ4n) is 9.34. The van der Waals surface area contributed by atoms with Gasteiger partial charge in [0.2, 0.25) is 5.91 Å². The maximum absolute atomic E-state index is 14.1. The van der Waals surface area contributed by atoms with Gasteiger partial charge in [0.05, 0.1) is 0 Å². The molecule has 0 saturated carbocycles. The summed E-state index contributed by atoms with van der Waals surface area (Å²) in [4.78, 5) is 18.8. The molecule has 0 aromatic carbocycles. The first-order chi connectivity index (χ1) is 33.6. The molecule has 0 spiro atoms. The zero-order chi connectivity index (χ0) is 49.3. The molecule has 3 nitrogen and oxygen atoms in total. The van der Waals surface area contributed by atoms with Gasteiger partial charge in [0, 0.05) is 19.0 Å². The zero-order valence-corrected chi connectivity index (χ0v) is 46.8. The Morgan fingerprint density at radius 3 is 1.04 bits per heavy atom. The van der Waals surface area contributed by atoms with Crippen LogP contribution in [-0.4, -0.2) is 48.9 Å². The molecule has 0 saturated heterocycles. The third-order valence-corrected chi connectivity index (χ3v) is 13.8. The molecule has 0 radical (unpaired) electrons. The summed E-state index contributed by atoms with van der Waals surface area (Å²) in [5.41, 5.74) is 0. The van der Waals surface area contributed by atoms with Crippen molar-refractivity contribution in [2.45, 2.75) is 309 Å². The third kappa shape index (κ3) is 51.7. The van der Waals surface area contributed by atoms with Crippen LogP contribution in [0.5, 0.6) is 0 Å². The Labute approximate surface area is 428 Å². The Bertz CT molecular complexity index is 1170. The average molecular weight is 946 g/mol. The molecule has 0 rings (SSSR count). The smallest absolute Gasteiger partial charge is 0.222 e. The van der Waals surface area contributed by atoms with Gasteiger partial charge in [0.1, 0.15) is 0 Å². The number of carbonyl (C=O) groups is 1. The predicted octanol–water partition coefficient (Wildman–Crippen LogP) is 21.3. The number of amides is 1. The molecule has 0 aliphatic carbocycles. The van der Waals surface area contributed by atoms with E-state index in [0.29, 0.717) is 11.9 Å². The van der Waals surface area contributed by atoms with Crippen molar-refractivity contribution in [3.8, 4) is 0 Å². The van der Waals surface area contributed by atoms with Crippen molar-refractivity contribution < 1.29 is 4.79 Å². The Balaban J connectivity index is 4.81. The molecular formula is C65H120N2O. The molecule has 1 amide bonds. The van der Waals surface area contributed by atoms with E-state index in [9.17, 15) is 4.79 Å². The first-order valence-corrected chi connectivity index (χ1v) is 30.4.